The maximum atomic E-state index is 12.0. The van der Waals surface area contributed by atoms with Gasteiger partial charge in [0.1, 0.15) is 55.4 Å². The summed E-state index contributed by atoms with van der Waals surface area (Å²) in [5, 5.41) is 69.1. The van der Waals surface area contributed by atoms with E-state index in [1.807, 2.05) is 0 Å². The van der Waals surface area contributed by atoms with Gasteiger partial charge in [-0.2, -0.15) is 0 Å². The third-order valence-corrected chi connectivity index (χ3v) is 4.99. The van der Waals surface area contributed by atoms with Crippen molar-refractivity contribution in [1.29, 1.82) is 0 Å². The monoisotopic (exact) mass is 456 g/mol. The average Bonchev–Trinajstić information content (AvgIpc) is 2.96. The molecule has 11 N–H and O–H groups in total. The predicted octanol–water partition coefficient (Wildman–Crippen LogP) is -6.64. The number of carbonyl (C=O) groups is 2. The second-order valence-electron chi connectivity index (χ2n) is 7.29. The fourth-order valence-electron chi connectivity index (χ4n) is 3.20. The summed E-state index contributed by atoms with van der Waals surface area (Å²) in [6.07, 6.45) is -14.3. The largest absolute Gasteiger partial charge is 0.459 e. The fourth-order valence-corrected chi connectivity index (χ4v) is 3.20. The molecular formula is C16H28N2O13. The molecule has 0 aromatic rings. The highest BCUT2D eigenvalue weighted by Gasteiger charge is 2.59. The first kappa shape index (κ1) is 25.8. The molecule has 0 spiro atoms. The summed E-state index contributed by atoms with van der Waals surface area (Å²) < 4.78 is 20.8. The molecule has 0 bridgehead atoms. The van der Waals surface area contributed by atoms with Crippen LogP contribution in [0.1, 0.15) is 6.42 Å². The number of amides is 1. The first-order chi connectivity index (χ1) is 14.5. The van der Waals surface area contributed by atoms with Gasteiger partial charge in [0.15, 0.2) is 6.29 Å². The smallest absolute Gasteiger partial charge is 0.323 e. The molecule has 2 fully saturated rings. The van der Waals surface area contributed by atoms with Crippen LogP contribution in [0.3, 0.4) is 0 Å². The molecular weight excluding hydrogens is 428 g/mol. The van der Waals surface area contributed by atoms with Gasteiger partial charge in [-0.05, 0) is 0 Å². The van der Waals surface area contributed by atoms with Gasteiger partial charge in [-0.1, -0.05) is 0 Å². The minimum atomic E-state index is -2.43. The zero-order chi connectivity index (χ0) is 23.5. The summed E-state index contributed by atoms with van der Waals surface area (Å²) in [6.45, 7) is -2.52. The lowest BCUT2D eigenvalue weighted by Crippen LogP contribution is -2.63. The second kappa shape index (κ2) is 10.4. The molecule has 2 rings (SSSR count). The van der Waals surface area contributed by atoms with Gasteiger partial charge in [-0.15, -0.1) is 0 Å². The summed E-state index contributed by atoms with van der Waals surface area (Å²) in [6, 6.07) is -1.46. The molecule has 0 aliphatic carbocycles. The number of ether oxygens (including phenoxy) is 4. The van der Waals surface area contributed by atoms with Crippen molar-refractivity contribution in [2.45, 2.75) is 67.3 Å². The van der Waals surface area contributed by atoms with E-state index in [9.17, 15) is 45.3 Å². The number of primary amides is 1. The summed E-state index contributed by atoms with van der Waals surface area (Å²) in [5.74, 6) is -4.46. The van der Waals surface area contributed by atoms with Crippen LogP contribution >= 0.6 is 0 Å². The zero-order valence-corrected chi connectivity index (χ0v) is 16.3. The molecule has 31 heavy (non-hydrogen) atoms. The predicted molar refractivity (Wildman–Crippen MR) is 94.3 cm³/mol. The number of aliphatic hydroxyl groups excluding tert-OH is 7. The Morgan fingerprint density at radius 3 is 2.10 bits per heavy atom. The number of aliphatic hydroxyl groups is 7. The van der Waals surface area contributed by atoms with Crippen LogP contribution in [0, 0.1) is 0 Å². The Bertz CT molecular complexity index is 637. The highest BCUT2D eigenvalue weighted by atomic mass is 16.8. The van der Waals surface area contributed by atoms with E-state index < -0.39 is 99.0 Å². The van der Waals surface area contributed by atoms with Crippen molar-refractivity contribution in [2.24, 2.45) is 11.5 Å². The summed E-state index contributed by atoms with van der Waals surface area (Å²) in [5.41, 5.74) is 10.4. The number of hydrogen-bond acceptors (Lipinski definition) is 14. The van der Waals surface area contributed by atoms with Crippen LogP contribution in [-0.2, 0) is 28.5 Å². The summed E-state index contributed by atoms with van der Waals surface area (Å²) >= 11 is 0. The zero-order valence-electron chi connectivity index (χ0n) is 16.3. The van der Waals surface area contributed by atoms with Gasteiger partial charge in [-0.3, -0.25) is 9.59 Å². The molecule has 1 amide bonds. The number of rotatable bonds is 9. The molecule has 180 valence electrons. The second-order valence-corrected chi connectivity index (χ2v) is 7.29. The Morgan fingerprint density at radius 2 is 1.58 bits per heavy atom. The number of nitrogens with two attached hydrogens (primary N) is 2. The topological polar surface area (TPSA) is 265 Å². The molecule has 2 aliphatic heterocycles. The highest BCUT2D eigenvalue weighted by Crippen LogP contribution is 2.36. The van der Waals surface area contributed by atoms with E-state index in [0.29, 0.717) is 0 Å². The third-order valence-electron chi connectivity index (χ3n) is 4.99. The summed E-state index contributed by atoms with van der Waals surface area (Å²) in [4.78, 5) is 22.9. The standard InChI is InChI=1S/C16H28N2O13/c17-5(1-8(18)21)14(27)28-4-16(13(26)10(23)7(3-20)30-16)31-15-12(25)11(24)9(22)6(2-19)29-15/h5-7,9-13,15,19-20,22-26H,1-4,17H2,(H2,18,21)/t5-,6+,7+,9+,10+,11-,12+,13-,15+,16-/m0/s1. The first-order valence-electron chi connectivity index (χ1n) is 9.31. The average molecular weight is 456 g/mol. The molecule has 2 aliphatic rings. The van der Waals surface area contributed by atoms with Crippen LogP contribution in [0.15, 0.2) is 0 Å². The molecule has 0 saturated carbocycles. The molecule has 10 atom stereocenters. The molecule has 0 radical (unpaired) electrons. The van der Waals surface area contributed by atoms with Gasteiger partial charge in [0.25, 0.3) is 0 Å². The van der Waals surface area contributed by atoms with Crippen molar-refractivity contribution >= 4 is 11.9 Å². The maximum absolute atomic E-state index is 12.0. The minimum absolute atomic E-state index is 0.551. The molecule has 0 unspecified atom stereocenters. The van der Waals surface area contributed by atoms with Crippen molar-refractivity contribution < 1.29 is 64.3 Å². The summed E-state index contributed by atoms with van der Waals surface area (Å²) in [7, 11) is 0. The van der Waals surface area contributed by atoms with Gasteiger partial charge >= 0.3 is 5.97 Å². The van der Waals surface area contributed by atoms with Crippen LogP contribution in [0.4, 0.5) is 0 Å². The first-order valence-corrected chi connectivity index (χ1v) is 9.31. The lowest BCUT2D eigenvalue weighted by molar-refractivity contribution is -0.383. The Balaban J connectivity index is 2.23. The Morgan fingerprint density at radius 1 is 0.968 bits per heavy atom. The molecule has 15 heteroatoms. The van der Waals surface area contributed by atoms with E-state index in [4.69, 9.17) is 30.4 Å². The van der Waals surface area contributed by atoms with Crippen LogP contribution in [0.25, 0.3) is 0 Å². The number of hydrogen-bond donors (Lipinski definition) is 9. The molecule has 15 nitrogen and oxygen atoms in total. The number of carbonyl (C=O) groups excluding carboxylic acids is 2. The molecule has 2 saturated heterocycles. The van der Waals surface area contributed by atoms with Gasteiger partial charge in [0.2, 0.25) is 11.7 Å². The highest BCUT2D eigenvalue weighted by molar-refractivity contribution is 5.84. The van der Waals surface area contributed by atoms with E-state index in [-0.39, 0.29) is 0 Å². The molecule has 0 aromatic heterocycles. The van der Waals surface area contributed by atoms with Gasteiger partial charge in [-0.25, -0.2) is 0 Å². The van der Waals surface area contributed by atoms with Gasteiger partial charge in [0, 0.05) is 0 Å². The van der Waals surface area contributed by atoms with Crippen molar-refractivity contribution in [2.75, 3.05) is 19.8 Å². The van der Waals surface area contributed by atoms with E-state index in [2.05, 4.69) is 0 Å². The van der Waals surface area contributed by atoms with E-state index >= 15 is 0 Å². The minimum Gasteiger partial charge on any atom is -0.459 e. The van der Waals surface area contributed by atoms with E-state index in [1.54, 1.807) is 0 Å². The Hall–Kier alpha value is -1.50. The van der Waals surface area contributed by atoms with Crippen LogP contribution in [-0.4, -0.2) is 128 Å². The van der Waals surface area contributed by atoms with Gasteiger partial charge in [0.05, 0.1) is 19.6 Å². The van der Waals surface area contributed by atoms with Crippen molar-refractivity contribution in [3.05, 3.63) is 0 Å². The Kier molecular flexibility index (Phi) is 8.65. The quantitative estimate of drug-likeness (QED) is 0.146. The maximum Gasteiger partial charge on any atom is 0.323 e. The normalized spacial score (nSPS) is 41.7. The van der Waals surface area contributed by atoms with Crippen LogP contribution in [0.5, 0.6) is 0 Å². The third kappa shape index (κ3) is 5.47. The lowest BCUT2D eigenvalue weighted by atomic mass is 9.99. The Labute approximate surface area is 175 Å². The van der Waals surface area contributed by atoms with Crippen molar-refractivity contribution in [1.82, 2.24) is 0 Å². The van der Waals surface area contributed by atoms with Crippen molar-refractivity contribution in [3.8, 4) is 0 Å². The SMILES string of the molecule is NC(=O)C[C@H](N)C(=O)OC[C@@]1(O[C@H]2O[C@H](CO)[C@@H](O)[C@H](O)[C@H]2O)O[C@H](CO)[C@@H](O)[C@@H]1O. The van der Waals surface area contributed by atoms with Crippen molar-refractivity contribution in [3.63, 3.8) is 0 Å². The number of esters is 1. The molecule has 0 aromatic carbocycles. The van der Waals surface area contributed by atoms with E-state index in [1.165, 1.54) is 0 Å². The fraction of sp³-hybridized carbons (Fsp3) is 0.875. The van der Waals surface area contributed by atoms with E-state index in [0.717, 1.165) is 0 Å². The van der Waals surface area contributed by atoms with Gasteiger partial charge < -0.3 is 66.2 Å². The van der Waals surface area contributed by atoms with Crippen LogP contribution < -0.4 is 11.5 Å². The molecule has 2 heterocycles. The lowest BCUT2D eigenvalue weighted by Gasteiger charge is -2.43. The van der Waals surface area contributed by atoms with Crippen LogP contribution in [0.2, 0.25) is 0 Å².